The van der Waals surface area contributed by atoms with Crippen molar-refractivity contribution in [2.24, 2.45) is 23.7 Å². The smallest absolute Gasteiger partial charge is 0.374 e. The van der Waals surface area contributed by atoms with Gasteiger partial charge in [-0.25, -0.2) is 14.8 Å². The van der Waals surface area contributed by atoms with E-state index in [2.05, 4.69) is 26.3 Å². The van der Waals surface area contributed by atoms with E-state index in [1.807, 2.05) is 4.90 Å². The highest BCUT2D eigenvalue weighted by Crippen LogP contribution is 2.36. The maximum atomic E-state index is 13.7. The van der Waals surface area contributed by atoms with Crippen molar-refractivity contribution in [2.75, 3.05) is 31.5 Å². The standard InChI is InChI=1S/C31H36F3N9O3/c1-4-9-43-18-24(26(39-43)31(32,33)34)25-17-36-27(40(25)3)28(44)38-22-7-8-23(19(2)14-22)29(45)41-10-12-42(13-11-41)30(46)37-16-20-5-6-21(35)15-20/h1,7-8,14,16-18,20-21,29,45H,5-6,9-13,15,35H2,2-3H3,(H,38,44)/b37-16-/t20?,21-,29?/m0/s1. The molecule has 4 N–H and O–H groups in total. The molecule has 0 radical (unpaired) electrons. The van der Waals surface area contributed by atoms with Crippen LogP contribution in [0.5, 0.6) is 0 Å². The fourth-order valence-electron chi connectivity index (χ4n) is 5.89. The Bertz CT molecular complexity index is 1670. The molecule has 244 valence electrons. The molecule has 3 amide bonds. The van der Waals surface area contributed by atoms with Crippen molar-refractivity contribution in [1.82, 2.24) is 29.1 Å². The highest BCUT2D eigenvalue weighted by molar-refractivity contribution is 6.02. The number of rotatable bonds is 7. The van der Waals surface area contributed by atoms with E-state index in [0.29, 0.717) is 43.0 Å². The number of aromatic nitrogens is 4. The maximum absolute atomic E-state index is 13.7. The first-order valence-electron chi connectivity index (χ1n) is 14.9. The number of nitrogens with zero attached hydrogens (tertiary/aromatic N) is 7. The second-order valence-corrected chi connectivity index (χ2v) is 11.6. The van der Waals surface area contributed by atoms with Gasteiger partial charge < -0.3 is 25.6 Å². The lowest BCUT2D eigenvalue weighted by Crippen LogP contribution is -2.49. The number of aliphatic hydroxyl groups is 1. The summed E-state index contributed by atoms with van der Waals surface area (Å²) in [5.41, 5.74) is 6.35. The minimum absolute atomic E-state index is 0.0440. The number of anilines is 1. The summed E-state index contributed by atoms with van der Waals surface area (Å²) in [7, 11) is 1.44. The van der Waals surface area contributed by atoms with Gasteiger partial charge in [0.15, 0.2) is 11.5 Å². The molecule has 46 heavy (non-hydrogen) atoms. The number of halogens is 3. The van der Waals surface area contributed by atoms with E-state index >= 15 is 0 Å². The molecule has 1 aliphatic carbocycles. The summed E-state index contributed by atoms with van der Waals surface area (Å²) in [5.74, 6) is 1.74. The van der Waals surface area contributed by atoms with Crippen molar-refractivity contribution in [3.8, 4) is 23.6 Å². The molecule has 1 aliphatic heterocycles. The van der Waals surface area contributed by atoms with Crippen LogP contribution in [0, 0.1) is 25.2 Å². The molecule has 12 nitrogen and oxygen atoms in total. The quantitative estimate of drug-likeness (QED) is 0.265. The van der Waals surface area contributed by atoms with Crippen LogP contribution in [0.4, 0.5) is 23.7 Å². The number of aliphatic hydroxyl groups excluding tert-OH is 1. The van der Waals surface area contributed by atoms with Crippen LogP contribution in [0.2, 0.25) is 0 Å². The molecule has 1 aromatic carbocycles. The molecule has 2 aliphatic rings. The van der Waals surface area contributed by atoms with Crippen molar-refractivity contribution in [3.63, 3.8) is 0 Å². The second-order valence-electron chi connectivity index (χ2n) is 11.6. The summed E-state index contributed by atoms with van der Waals surface area (Å²) in [6.45, 7) is 3.39. The number of alkyl halides is 3. The van der Waals surface area contributed by atoms with Gasteiger partial charge in [0, 0.05) is 57.4 Å². The number of nitrogens with one attached hydrogen (secondary N) is 1. The Balaban J connectivity index is 1.21. The Morgan fingerprint density at radius 2 is 2.00 bits per heavy atom. The van der Waals surface area contributed by atoms with Crippen molar-refractivity contribution < 1.29 is 27.9 Å². The Morgan fingerprint density at radius 3 is 2.63 bits per heavy atom. The molecule has 3 aromatic rings. The molecule has 2 unspecified atom stereocenters. The number of benzene rings is 1. The van der Waals surface area contributed by atoms with Gasteiger partial charge in [0.25, 0.3) is 5.91 Å². The first-order chi connectivity index (χ1) is 21.8. The predicted octanol–water partition coefficient (Wildman–Crippen LogP) is 3.42. The lowest BCUT2D eigenvalue weighted by atomic mass is 10.0. The summed E-state index contributed by atoms with van der Waals surface area (Å²) in [5, 5.41) is 17.4. The average molecular weight is 640 g/mol. The fraction of sp³-hybridized carbons (Fsp3) is 0.452. The minimum atomic E-state index is -4.74. The molecule has 3 atom stereocenters. The van der Waals surface area contributed by atoms with E-state index in [-0.39, 0.29) is 41.6 Å². The summed E-state index contributed by atoms with van der Waals surface area (Å²) in [4.78, 5) is 37.4. The number of terminal acetylenes is 1. The van der Waals surface area contributed by atoms with Gasteiger partial charge in [-0.3, -0.25) is 14.4 Å². The number of imidazole rings is 1. The number of carbonyl (C=O) groups excluding carboxylic acids is 2. The molecule has 3 heterocycles. The van der Waals surface area contributed by atoms with E-state index < -0.39 is 24.0 Å². The van der Waals surface area contributed by atoms with E-state index in [9.17, 15) is 27.9 Å². The number of amides is 3. The topological polar surface area (TPSA) is 147 Å². The summed E-state index contributed by atoms with van der Waals surface area (Å²) < 4.78 is 43.3. The predicted molar refractivity (Wildman–Crippen MR) is 165 cm³/mol. The van der Waals surface area contributed by atoms with Crippen LogP contribution in [0.1, 0.15) is 52.9 Å². The number of carbonyl (C=O) groups is 2. The largest absolute Gasteiger partial charge is 0.435 e. The van der Waals surface area contributed by atoms with Crippen LogP contribution >= 0.6 is 0 Å². The molecular weight excluding hydrogens is 603 g/mol. The van der Waals surface area contributed by atoms with Crippen molar-refractivity contribution >= 4 is 23.8 Å². The summed E-state index contributed by atoms with van der Waals surface area (Å²) >= 11 is 0. The van der Waals surface area contributed by atoms with Crippen LogP contribution in [0.15, 0.2) is 35.6 Å². The first-order valence-corrected chi connectivity index (χ1v) is 14.9. The Labute approximate surface area is 264 Å². The normalized spacial score (nSPS) is 19.8. The first kappa shape index (κ1) is 32.9. The van der Waals surface area contributed by atoms with Crippen LogP contribution < -0.4 is 11.1 Å². The highest BCUT2D eigenvalue weighted by Gasteiger charge is 2.38. The van der Waals surface area contributed by atoms with Gasteiger partial charge in [0.2, 0.25) is 0 Å². The summed E-state index contributed by atoms with van der Waals surface area (Å²) in [6.07, 6.45) is 6.36. The molecule has 2 aromatic heterocycles. The number of piperazine rings is 1. The van der Waals surface area contributed by atoms with E-state index in [1.54, 1.807) is 36.2 Å². The lowest BCUT2D eigenvalue weighted by molar-refractivity contribution is -0.141. The third kappa shape index (κ3) is 7.14. The molecule has 0 spiro atoms. The fourth-order valence-corrected chi connectivity index (χ4v) is 5.89. The number of urea groups is 1. The van der Waals surface area contributed by atoms with Crippen molar-refractivity contribution in [1.29, 1.82) is 0 Å². The van der Waals surface area contributed by atoms with E-state index in [1.165, 1.54) is 24.0 Å². The third-order valence-electron chi connectivity index (χ3n) is 8.40. The Morgan fingerprint density at radius 1 is 1.26 bits per heavy atom. The Kier molecular flexibility index (Phi) is 9.61. The van der Waals surface area contributed by atoms with Gasteiger partial charge in [-0.2, -0.15) is 18.3 Å². The van der Waals surface area contributed by atoms with Gasteiger partial charge >= 0.3 is 12.2 Å². The molecule has 0 bridgehead atoms. The molecule has 1 saturated carbocycles. The average Bonchev–Trinajstić information content (AvgIpc) is 3.74. The van der Waals surface area contributed by atoms with Crippen molar-refractivity contribution in [2.45, 2.75) is 51.2 Å². The van der Waals surface area contributed by atoms with Gasteiger partial charge in [-0.15, -0.1) is 6.42 Å². The van der Waals surface area contributed by atoms with Gasteiger partial charge in [-0.05, 0) is 55.4 Å². The molecule has 5 rings (SSSR count). The van der Waals surface area contributed by atoms with Crippen LogP contribution in [-0.4, -0.2) is 84.6 Å². The number of hydrogen-bond donors (Lipinski definition) is 3. The molecule has 2 fully saturated rings. The van der Waals surface area contributed by atoms with Crippen LogP contribution in [0.25, 0.3) is 11.3 Å². The monoisotopic (exact) mass is 639 g/mol. The molecular formula is C31H36F3N9O3. The maximum Gasteiger partial charge on any atom is 0.435 e. The lowest BCUT2D eigenvalue weighted by Gasteiger charge is -2.37. The zero-order valence-corrected chi connectivity index (χ0v) is 25.5. The third-order valence-corrected chi connectivity index (χ3v) is 8.40. The summed E-state index contributed by atoms with van der Waals surface area (Å²) in [6, 6.07) is 4.89. The van der Waals surface area contributed by atoms with Gasteiger partial charge in [0.1, 0.15) is 12.8 Å². The number of aryl methyl sites for hydroxylation is 1. The number of hydrogen-bond acceptors (Lipinski definition) is 7. The van der Waals surface area contributed by atoms with Crippen molar-refractivity contribution in [3.05, 3.63) is 53.2 Å². The zero-order valence-electron chi connectivity index (χ0n) is 25.5. The number of nitrogens with two attached hydrogens (primary N) is 1. The highest BCUT2D eigenvalue weighted by atomic mass is 19.4. The SMILES string of the molecule is C#CCn1cc(-c2cnc(C(=O)Nc3ccc(C(O)N4CCN(C(=O)/N=C\C5CC[C@H](N)C5)CC4)c(C)c3)n2C)c(C(F)(F)F)n1. The second kappa shape index (κ2) is 13.5. The van der Waals surface area contributed by atoms with Gasteiger partial charge in [-0.1, -0.05) is 12.0 Å². The Hall–Kier alpha value is -4.52. The minimum Gasteiger partial charge on any atom is -0.374 e. The molecule has 15 heteroatoms. The van der Waals surface area contributed by atoms with Gasteiger partial charge in [0.05, 0.1) is 17.5 Å². The molecule has 1 saturated heterocycles. The number of aliphatic imine (C=N–C) groups is 1. The zero-order chi connectivity index (χ0) is 33.2. The van der Waals surface area contributed by atoms with Crippen LogP contribution in [0.3, 0.4) is 0 Å². The van der Waals surface area contributed by atoms with Crippen LogP contribution in [-0.2, 0) is 19.8 Å². The van der Waals surface area contributed by atoms with E-state index in [0.717, 1.165) is 23.9 Å². The van der Waals surface area contributed by atoms with E-state index in [4.69, 9.17) is 12.2 Å².